The lowest BCUT2D eigenvalue weighted by atomic mass is 9.79. The van der Waals surface area contributed by atoms with Crippen LogP contribution in [0.4, 0.5) is 0 Å². The van der Waals surface area contributed by atoms with Gasteiger partial charge in [0.1, 0.15) is 5.60 Å². The Bertz CT molecular complexity index is 370. The molecule has 1 aromatic rings. The maximum absolute atomic E-state index is 5.73. The van der Waals surface area contributed by atoms with Gasteiger partial charge in [-0.3, -0.25) is 0 Å². The predicted octanol–water partition coefficient (Wildman–Crippen LogP) is 2.23. The largest absolute Gasteiger partial charge is 0.370 e. The molecule has 0 atom stereocenters. The summed E-state index contributed by atoms with van der Waals surface area (Å²) >= 11 is 0. The van der Waals surface area contributed by atoms with E-state index in [2.05, 4.69) is 29.3 Å². The summed E-state index contributed by atoms with van der Waals surface area (Å²) in [6, 6.07) is 0. The number of methoxy groups -OCH3 is 1. The van der Waals surface area contributed by atoms with Crippen molar-refractivity contribution >= 4 is 0 Å². The van der Waals surface area contributed by atoms with Crippen molar-refractivity contribution in [3.8, 4) is 0 Å². The van der Waals surface area contributed by atoms with Crippen molar-refractivity contribution in [2.75, 3.05) is 13.7 Å². The van der Waals surface area contributed by atoms with Crippen molar-refractivity contribution in [3.63, 3.8) is 0 Å². The summed E-state index contributed by atoms with van der Waals surface area (Å²) in [5.41, 5.74) is -0.333. The quantitative estimate of drug-likeness (QED) is 0.872. The minimum Gasteiger partial charge on any atom is -0.370 e. The molecule has 2 rings (SSSR count). The first kappa shape index (κ1) is 13.5. The van der Waals surface area contributed by atoms with Crippen LogP contribution in [0.2, 0.25) is 0 Å². The average molecular weight is 253 g/mol. The van der Waals surface area contributed by atoms with Gasteiger partial charge in [0.2, 0.25) is 11.7 Å². The van der Waals surface area contributed by atoms with Crippen LogP contribution in [0.1, 0.15) is 51.2 Å². The molecule has 0 aromatic carbocycles. The Balaban J connectivity index is 2.09. The van der Waals surface area contributed by atoms with Gasteiger partial charge < -0.3 is 14.6 Å². The molecule has 1 fully saturated rings. The number of ether oxygens (including phenoxy) is 1. The molecular formula is C13H23N3O2. The SMILES string of the molecule is CCNCc1nc(C2(OC)CCC(C)CC2)no1. The lowest BCUT2D eigenvalue weighted by molar-refractivity contribution is -0.0609. The summed E-state index contributed by atoms with van der Waals surface area (Å²) in [6.07, 6.45) is 4.27. The third-order valence-electron chi connectivity index (χ3n) is 3.87. The minimum absolute atomic E-state index is 0.333. The van der Waals surface area contributed by atoms with E-state index >= 15 is 0 Å². The lowest BCUT2D eigenvalue weighted by Gasteiger charge is -2.35. The third kappa shape index (κ3) is 2.72. The summed E-state index contributed by atoms with van der Waals surface area (Å²) < 4.78 is 11.0. The molecule has 1 heterocycles. The van der Waals surface area contributed by atoms with Gasteiger partial charge in [0, 0.05) is 7.11 Å². The van der Waals surface area contributed by atoms with Gasteiger partial charge in [-0.15, -0.1) is 0 Å². The van der Waals surface area contributed by atoms with E-state index in [0.29, 0.717) is 18.3 Å². The van der Waals surface area contributed by atoms with Gasteiger partial charge in [-0.05, 0) is 38.1 Å². The van der Waals surface area contributed by atoms with Crippen LogP contribution in [0.5, 0.6) is 0 Å². The van der Waals surface area contributed by atoms with Crippen LogP contribution >= 0.6 is 0 Å². The van der Waals surface area contributed by atoms with Crippen molar-refractivity contribution in [1.29, 1.82) is 0 Å². The zero-order valence-corrected chi connectivity index (χ0v) is 11.5. The first-order valence-corrected chi connectivity index (χ1v) is 6.79. The van der Waals surface area contributed by atoms with E-state index in [1.165, 1.54) is 0 Å². The van der Waals surface area contributed by atoms with Crippen molar-refractivity contribution < 1.29 is 9.26 Å². The van der Waals surface area contributed by atoms with E-state index in [0.717, 1.165) is 38.1 Å². The topological polar surface area (TPSA) is 60.2 Å². The highest BCUT2D eigenvalue weighted by atomic mass is 16.5. The van der Waals surface area contributed by atoms with E-state index in [9.17, 15) is 0 Å². The van der Waals surface area contributed by atoms with E-state index in [-0.39, 0.29) is 5.60 Å². The number of rotatable bonds is 5. The Hall–Kier alpha value is -0.940. The number of hydrogen-bond donors (Lipinski definition) is 1. The van der Waals surface area contributed by atoms with E-state index in [4.69, 9.17) is 9.26 Å². The lowest BCUT2D eigenvalue weighted by Crippen LogP contribution is -2.34. The van der Waals surface area contributed by atoms with Crippen LogP contribution in [0.3, 0.4) is 0 Å². The molecule has 102 valence electrons. The molecular weight excluding hydrogens is 230 g/mol. The van der Waals surface area contributed by atoms with Gasteiger partial charge >= 0.3 is 0 Å². The number of nitrogens with one attached hydrogen (secondary N) is 1. The fraction of sp³-hybridized carbons (Fsp3) is 0.846. The smallest absolute Gasteiger partial charge is 0.240 e. The molecule has 0 radical (unpaired) electrons. The molecule has 0 saturated heterocycles. The third-order valence-corrected chi connectivity index (χ3v) is 3.87. The molecule has 1 aromatic heterocycles. The Morgan fingerprint density at radius 1 is 1.44 bits per heavy atom. The minimum atomic E-state index is -0.333. The van der Waals surface area contributed by atoms with Crippen molar-refractivity contribution in [2.45, 2.75) is 51.7 Å². The molecule has 5 heteroatoms. The van der Waals surface area contributed by atoms with Crippen molar-refractivity contribution in [3.05, 3.63) is 11.7 Å². The summed E-state index contributed by atoms with van der Waals surface area (Å²) in [5, 5.41) is 7.29. The molecule has 1 N–H and O–H groups in total. The van der Waals surface area contributed by atoms with Crippen molar-refractivity contribution in [1.82, 2.24) is 15.5 Å². The highest BCUT2D eigenvalue weighted by Gasteiger charge is 2.40. The number of aromatic nitrogens is 2. The second-order valence-corrected chi connectivity index (χ2v) is 5.17. The van der Waals surface area contributed by atoms with E-state index in [1.807, 2.05) is 0 Å². The second kappa shape index (κ2) is 5.80. The van der Waals surface area contributed by atoms with Crippen LogP contribution in [0, 0.1) is 5.92 Å². The van der Waals surface area contributed by atoms with Gasteiger partial charge in [0.25, 0.3) is 0 Å². The van der Waals surface area contributed by atoms with Gasteiger partial charge in [-0.2, -0.15) is 4.98 Å². The Morgan fingerprint density at radius 2 is 2.17 bits per heavy atom. The highest BCUT2D eigenvalue weighted by molar-refractivity contribution is 5.03. The molecule has 5 nitrogen and oxygen atoms in total. The van der Waals surface area contributed by atoms with Crippen LogP contribution in [0.25, 0.3) is 0 Å². The maximum Gasteiger partial charge on any atom is 0.240 e. The molecule has 1 aliphatic rings. The molecule has 0 aliphatic heterocycles. The van der Waals surface area contributed by atoms with Crippen LogP contribution < -0.4 is 5.32 Å². The summed E-state index contributed by atoms with van der Waals surface area (Å²) in [5.74, 6) is 2.12. The molecule has 0 amide bonds. The normalized spacial score (nSPS) is 28.5. The highest BCUT2D eigenvalue weighted by Crippen LogP contribution is 2.40. The summed E-state index contributed by atoms with van der Waals surface area (Å²) in [7, 11) is 1.75. The van der Waals surface area contributed by atoms with E-state index in [1.54, 1.807) is 7.11 Å². The molecule has 18 heavy (non-hydrogen) atoms. The molecule has 1 saturated carbocycles. The maximum atomic E-state index is 5.73. The zero-order chi connectivity index (χ0) is 13.0. The first-order valence-electron chi connectivity index (χ1n) is 6.79. The molecule has 0 spiro atoms. The first-order chi connectivity index (χ1) is 8.70. The van der Waals surface area contributed by atoms with Gasteiger partial charge in [-0.25, -0.2) is 0 Å². The summed E-state index contributed by atoms with van der Waals surface area (Å²) in [6.45, 7) is 5.85. The number of hydrogen-bond acceptors (Lipinski definition) is 5. The Kier molecular flexibility index (Phi) is 4.35. The van der Waals surface area contributed by atoms with Crippen molar-refractivity contribution in [2.24, 2.45) is 5.92 Å². The van der Waals surface area contributed by atoms with Gasteiger partial charge in [-0.1, -0.05) is 19.0 Å². The van der Waals surface area contributed by atoms with Gasteiger partial charge in [0.15, 0.2) is 0 Å². The average Bonchev–Trinajstić information content (AvgIpc) is 2.87. The molecule has 1 aliphatic carbocycles. The van der Waals surface area contributed by atoms with Crippen LogP contribution in [0.15, 0.2) is 4.52 Å². The standard InChI is InChI=1S/C13H23N3O2/c1-4-14-9-11-15-12(16-18-11)13(17-3)7-5-10(2)6-8-13/h10,14H,4-9H2,1-3H3. The van der Waals surface area contributed by atoms with Crippen LogP contribution in [-0.2, 0) is 16.9 Å². The van der Waals surface area contributed by atoms with E-state index < -0.39 is 0 Å². The fourth-order valence-corrected chi connectivity index (χ4v) is 2.49. The molecule has 0 unspecified atom stereocenters. The Labute approximate surface area is 108 Å². The monoisotopic (exact) mass is 253 g/mol. The zero-order valence-electron chi connectivity index (χ0n) is 11.5. The summed E-state index contributed by atoms with van der Waals surface area (Å²) in [4.78, 5) is 4.47. The second-order valence-electron chi connectivity index (χ2n) is 5.17. The Morgan fingerprint density at radius 3 is 2.78 bits per heavy atom. The molecule has 0 bridgehead atoms. The van der Waals surface area contributed by atoms with Crippen LogP contribution in [-0.4, -0.2) is 23.8 Å². The number of nitrogens with zero attached hydrogens (tertiary/aromatic N) is 2. The predicted molar refractivity (Wildman–Crippen MR) is 68.0 cm³/mol. The fourth-order valence-electron chi connectivity index (χ4n) is 2.49. The van der Waals surface area contributed by atoms with Gasteiger partial charge in [0.05, 0.1) is 6.54 Å².